The third kappa shape index (κ3) is 10.5. The first-order valence-corrected chi connectivity index (χ1v) is 23.8. The van der Waals surface area contributed by atoms with Crippen LogP contribution >= 0.6 is 0 Å². The Morgan fingerprint density at radius 1 is 0.423 bits per heavy atom. The summed E-state index contributed by atoms with van der Waals surface area (Å²) in [6.07, 6.45) is 7.10. The number of fused-ring (bicyclic) bond motifs is 3. The molecule has 9 heteroatoms. The number of rotatable bonds is 13. The van der Waals surface area contributed by atoms with Gasteiger partial charge in [-0.1, -0.05) is 174 Å². The van der Waals surface area contributed by atoms with Crippen LogP contribution in [0.1, 0.15) is 101 Å². The fourth-order valence-electron chi connectivity index (χ4n) is 8.98. The molecular formula is C62H53N5O2Pt2. The molecule has 71 heavy (non-hydrogen) atoms. The minimum atomic E-state index is 0. The molecule has 0 radical (unpaired) electrons. The summed E-state index contributed by atoms with van der Waals surface area (Å²) in [5.41, 5.74) is 13.7. The quantitative estimate of drug-likeness (QED) is 0.107. The van der Waals surface area contributed by atoms with Gasteiger partial charge in [-0.3, -0.25) is 0 Å². The van der Waals surface area contributed by atoms with Crippen molar-refractivity contribution in [2.24, 2.45) is 0 Å². The zero-order valence-electron chi connectivity index (χ0n) is 40.9. The van der Waals surface area contributed by atoms with Gasteiger partial charge in [-0.2, -0.15) is 22.9 Å². The summed E-state index contributed by atoms with van der Waals surface area (Å²) in [6.45, 7) is 17.7. The van der Waals surface area contributed by atoms with Crippen molar-refractivity contribution in [3.05, 3.63) is 199 Å². The average Bonchev–Trinajstić information content (AvgIpc) is 3.69. The van der Waals surface area contributed by atoms with Crippen LogP contribution < -0.4 is 9.47 Å². The largest absolute Gasteiger partial charge is 2.00 e. The van der Waals surface area contributed by atoms with Gasteiger partial charge in [0.2, 0.25) is 5.95 Å². The van der Waals surface area contributed by atoms with Gasteiger partial charge in [-0.05, 0) is 64.4 Å². The maximum Gasteiger partial charge on any atom is 2.00 e. The van der Waals surface area contributed by atoms with Crippen LogP contribution in [0.2, 0.25) is 0 Å². The predicted octanol–water partition coefficient (Wildman–Crippen LogP) is 16.3. The van der Waals surface area contributed by atoms with E-state index in [1.165, 1.54) is 11.1 Å². The van der Waals surface area contributed by atoms with Crippen LogP contribution in [0.15, 0.2) is 152 Å². The molecule has 0 aliphatic heterocycles. The number of aromatic nitrogens is 5. The second-order valence-corrected chi connectivity index (χ2v) is 18.7. The molecule has 0 spiro atoms. The smallest absolute Gasteiger partial charge is 0.502 e. The van der Waals surface area contributed by atoms with Crippen LogP contribution in [0.3, 0.4) is 0 Å². The average molecular weight is 1290 g/mol. The fourth-order valence-corrected chi connectivity index (χ4v) is 8.98. The topological polar surface area (TPSA) is 75.0 Å². The molecule has 7 nitrogen and oxygen atoms in total. The predicted molar refractivity (Wildman–Crippen MR) is 278 cm³/mol. The maximum absolute atomic E-state index is 7.01. The van der Waals surface area contributed by atoms with Crippen molar-refractivity contribution in [1.82, 2.24) is 24.5 Å². The summed E-state index contributed by atoms with van der Waals surface area (Å²) >= 11 is 0. The van der Waals surface area contributed by atoms with Gasteiger partial charge in [0.05, 0.1) is 0 Å². The van der Waals surface area contributed by atoms with E-state index in [9.17, 15) is 0 Å². The van der Waals surface area contributed by atoms with Crippen LogP contribution in [-0.4, -0.2) is 24.5 Å². The normalized spacial score (nSPS) is 11.4. The van der Waals surface area contributed by atoms with Gasteiger partial charge in [0.25, 0.3) is 0 Å². The molecule has 10 aromatic rings. The molecule has 0 aliphatic carbocycles. The Kier molecular flexibility index (Phi) is 15.7. The number of hydrogen-bond donors (Lipinski definition) is 0. The van der Waals surface area contributed by atoms with Gasteiger partial charge in [-0.25, -0.2) is 9.97 Å². The summed E-state index contributed by atoms with van der Waals surface area (Å²) < 4.78 is 16.0. The second kappa shape index (κ2) is 21.9. The number of hydrogen-bond acceptors (Lipinski definition) is 6. The van der Waals surface area contributed by atoms with Crippen molar-refractivity contribution >= 4 is 21.8 Å². The van der Waals surface area contributed by atoms with E-state index in [0.29, 0.717) is 40.8 Å². The van der Waals surface area contributed by atoms with E-state index in [1.807, 2.05) is 71.6 Å². The van der Waals surface area contributed by atoms with E-state index in [2.05, 4.69) is 152 Å². The zero-order valence-corrected chi connectivity index (χ0v) is 45.5. The summed E-state index contributed by atoms with van der Waals surface area (Å²) in [6, 6.07) is 58.3. The van der Waals surface area contributed by atoms with Gasteiger partial charge in [0.15, 0.2) is 0 Å². The molecule has 4 heterocycles. The monoisotopic (exact) mass is 1290 g/mol. The molecule has 0 atom stereocenters. The Labute approximate surface area is 446 Å². The summed E-state index contributed by atoms with van der Waals surface area (Å²) in [5, 5.41) is 1.87. The molecule has 0 unspecified atom stereocenters. The molecule has 0 fully saturated rings. The van der Waals surface area contributed by atoms with E-state index in [1.54, 1.807) is 12.4 Å². The van der Waals surface area contributed by atoms with E-state index in [4.69, 9.17) is 29.4 Å². The Balaban J connectivity index is 0.00000338. The summed E-state index contributed by atoms with van der Waals surface area (Å²) in [7, 11) is 0. The van der Waals surface area contributed by atoms with Gasteiger partial charge in [-0.15, -0.1) is 58.7 Å². The molecule has 0 saturated heterocycles. The van der Waals surface area contributed by atoms with E-state index >= 15 is 0 Å². The van der Waals surface area contributed by atoms with Crippen molar-refractivity contribution in [3.8, 4) is 73.7 Å². The van der Waals surface area contributed by atoms with E-state index in [0.717, 1.165) is 77.7 Å². The number of pyridine rings is 2. The number of ether oxygens (including phenoxy) is 2. The third-order valence-corrected chi connectivity index (χ3v) is 12.7. The van der Waals surface area contributed by atoms with Crippen molar-refractivity contribution in [3.63, 3.8) is 0 Å². The van der Waals surface area contributed by atoms with Crippen LogP contribution in [0, 0.1) is 24.3 Å². The first kappa shape index (κ1) is 50.9. The molecule has 0 saturated carbocycles. The van der Waals surface area contributed by atoms with Gasteiger partial charge in [0, 0.05) is 47.8 Å². The molecule has 10 rings (SSSR count). The van der Waals surface area contributed by atoms with Gasteiger partial charge in [0.1, 0.15) is 0 Å². The van der Waals surface area contributed by atoms with Crippen LogP contribution in [0.4, 0.5) is 0 Å². The number of benzene rings is 6. The minimum Gasteiger partial charge on any atom is -0.502 e. The van der Waals surface area contributed by atoms with Gasteiger partial charge >= 0.3 is 42.1 Å². The van der Waals surface area contributed by atoms with Crippen molar-refractivity contribution in [1.29, 1.82) is 0 Å². The molecule has 6 aromatic carbocycles. The summed E-state index contributed by atoms with van der Waals surface area (Å²) in [4.78, 5) is 18.9. The first-order chi connectivity index (χ1) is 33.5. The maximum atomic E-state index is 7.01. The molecule has 0 aliphatic rings. The van der Waals surface area contributed by atoms with Gasteiger partial charge < -0.3 is 24.0 Å². The zero-order chi connectivity index (χ0) is 47.8. The molecule has 4 aromatic heterocycles. The molecule has 0 amide bonds. The first-order valence-electron chi connectivity index (χ1n) is 23.8. The Hall–Kier alpha value is -6.52. The Morgan fingerprint density at radius 3 is 1.20 bits per heavy atom. The second-order valence-electron chi connectivity index (χ2n) is 18.7. The van der Waals surface area contributed by atoms with Crippen LogP contribution in [0.5, 0.6) is 23.0 Å². The molecule has 0 bridgehead atoms. The van der Waals surface area contributed by atoms with Crippen LogP contribution in [-0.2, 0) is 42.1 Å². The fraction of sp³-hybridized carbons (Fsp3) is 0.194. The SMILES string of the molecule is CC(C)c1ccc(-c2c(Oc3[c-]c4c(cc3)c3ccc(Oc5[c-]c(-c6ccccn6)cc(C(C)C)c5-c5ccc(C(C)C)cc5)[c-]c3n4-c3ncccn3)[c-]c(-c3ccccn3)cc2C(C)C)cc1.[Pt+2].[Pt+2]. The molecule has 358 valence electrons. The van der Waals surface area contributed by atoms with Crippen molar-refractivity contribution in [2.45, 2.75) is 79.1 Å². The Bertz CT molecular complexity index is 3220. The number of nitrogens with zero attached hydrogens (tertiary/aromatic N) is 5. The van der Waals surface area contributed by atoms with E-state index in [-0.39, 0.29) is 54.0 Å². The Morgan fingerprint density at radius 2 is 0.831 bits per heavy atom. The molecule has 0 N–H and O–H groups in total. The third-order valence-electron chi connectivity index (χ3n) is 12.7. The minimum absolute atomic E-state index is 0. The van der Waals surface area contributed by atoms with E-state index < -0.39 is 0 Å². The molecular weight excluding hydrogens is 1240 g/mol. The summed E-state index contributed by atoms with van der Waals surface area (Å²) in [5.74, 6) is 3.84. The standard InChI is InChI=1S/C62H53N5O2.2Pt/c1-38(2)42-16-20-44(21-17-42)60-52(40(5)6)32-46(54-14-9-11-28-63-54)34-58(60)68-48-24-26-50-51-27-25-49(37-57(51)67(56(50)36-48)62-65-30-13-31-66-62)69-59-35-47(55-15-10-12-29-64-55)33-53(41(7)8)61(59)45-22-18-43(19-23-45)39(3)4;;/h9-33,38-41H,1-8H3;;/q-4;2*+2. The van der Waals surface area contributed by atoms with Crippen LogP contribution in [0.25, 0.3) is 72.5 Å². The van der Waals surface area contributed by atoms with Crippen molar-refractivity contribution < 1.29 is 51.6 Å². The van der Waals surface area contributed by atoms with Crippen molar-refractivity contribution in [2.75, 3.05) is 0 Å².